The van der Waals surface area contributed by atoms with E-state index < -0.39 is 10.0 Å². The van der Waals surface area contributed by atoms with Crippen LogP contribution >= 0.6 is 11.6 Å². The minimum atomic E-state index is -3.60. The van der Waals surface area contributed by atoms with E-state index in [1.807, 2.05) is 13.0 Å². The number of nitrogens with zero attached hydrogens (tertiary/aromatic N) is 2. The Morgan fingerprint density at radius 3 is 2.44 bits per heavy atom. The summed E-state index contributed by atoms with van der Waals surface area (Å²) in [6.45, 7) is 4.14. The zero-order chi connectivity index (χ0) is 19.3. The number of hydrogen-bond acceptors (Lipinski definition) is 4. The highest BCUT2D eigenvalue weighted by Crippen LogP contribution is 2.35. The summed E-state index contributed by atoms with van der Waals surface area (Å²) >= 11 is 5.95. The number of halogens is 1. The summed E-state index contributed by atoms with van der Waals surface area (Å²) in [6.07, 6.45) is 1.81. The van der Waals surface area contributed by atoms with E-state index in [9.17, 15) is 13.2 Å². The van der Waals surface area contributed by atoms with Crippen LogP contribution in [0, 0.1) is 13.8 Å². The fourth-order valence-corrected chi connectivity index (χ4v) is 5.40. The predicted molar refractivity (Wildman–Crippen MR) is 103 cm³/mol. The topological polar surface area (TPSA) is 68.6 Å². The number of aryl methyl sites for hydroxylation is 2. The number of sulfonamides is 1. The summed E-state index contributed by atoms with van der Waals surface area (Å²) in [4.78, 5) is 12.5. The van der Waals surface area contributed by atoms with Crippen molar-refractivity contribution in [2.24, 2.45) is 0 Å². The van der Waals surface area contributed by atoms with E-state index in [0.29, 0.717) is 22.4 Å². The monoisotopic (exact) mass is 408 g/mol. The van der Waals surface area contributed by atoms with Crippen molar-refractivity contribution in [2.45, 2.75) is 43.7 Å². The maximum atomic E-state index is 12.8. The molecule has 0 N–H and O–H groups in total. The van der Waals surface area contributed by atoms with Gasteiger partial charge in [-0.2, -0.15) is 4.31 Å². The van der Waals surface area contributed by atoms with Gasteiger partial charge < -0.3 is 9.30 Å². The molecular weight excluding hydrogens is 388 g/mol. The number of rotatable bonds is 5. The number of aromatic nitrogens is 1. The molecule has 1 saturated heterocycles. The molecule has 1 aliphatic carbocycles. The van der Waals surface area contributed by atoms with Crippen LogP contribution in [0.25, 0.3) is 0 Å². The molecule has 4 rings (SSSR count). The van der Waals surface area contributed by atoms with Crippen molar-refractivity contribution in [3.63, 3.8) is 0 Å². The molecular formula is C19H21ClN2O4S. The molecule has 0 radical (unpaired) electrons. The van der Waals surface area contributed by atoms with Crippen molar-refractivity contribution >= 4 is 21.6 Å². The molecule has 2 aromatic rings. The van der Waals surface area contributed by atoms with Crippen molar-refractivity contribution in [1.29, 1.82) is 0 Å². The van der Waals surface area contributed by atoms with Gasteiger partial charge in [-0.3, -0.25) is 4.79 Å². The molecule has 0 unspecified atom stereocenters. The minimum Gasteiger partial charge on any atom is -0.487 e. The smallest absolute Gasteiger partial charge is 0.254 e. The van der Waals surface area contributed by atoms with Crippen molar-refractivity contribution in [3.8, 4) is 5.75 Å². The van der Waals surface area contributed by atoms with Gasteiger partial charge in [-0.05, 0) is 50.5 Å². The van der Waals surface area contributed by atoms with Crippen LogP contribution in [0.2, 0.25) is 5.02 Å². The molecule has 1 aliphatic heterocycles. The van der Waals surface area contributed by atoms with Crippen molar-refractivity contribution in [3.05, 3.63) is 57.0 Å². The first-order valence-corrected chi connectivity index (χ1v) is 10.7. The van der Waals surface area contributed by atoms with E-state index >= 15 is 0 Å². The molecule has 8 heteroatoms. The molecule has 144 valence electrons. The highest BCUT2D eigenvalue weighted by molar-refractivity contribution is 7.89. The molecule has 0 amide bonds. The van der Waals surface area contributed by atoms with Gasteiger partial charge in [0.25, 0.3) is 5.56 Å². The SMILES string of the molecule is Cc1ccc(Cl)cc1S(=O)(=O)N1CC(Oc2cc(C)n(C3CC3)c(=O)c2)C1. The summed E-state index contributed by atoms with van der Waals surface area (Å²) in [5.41, 5.74) is 1.47. The van der Waals surface area contributed by atoms with Crippen LogP contribution in [-0.4, -0.2) is 36.5 Å². The highest BCUT2D eigenvalue weighted by atomic mass is 35.5. The zero-order valence-electron chi connectivity index (χ0n) is 15.2. The Labute approximate surface area is 163 Å². The second-order valence-corrected chi connectivity index (χ2v) is 9.59. The predicted octanol–water partition coefficient (Wildman–Crippen LogP) is 2.91. The van der Waals surface area contributed by atoms with Crippen molar-refractivity contribution in [1.82, 2.24) is 8.87 Å². The van der Waals surface area contributed by atoms with E-state index in [2.05, 4.69) is 0 Å². The number of pyridine rings is 1. The lowest BCUT2D eigenvalue weighted by Gasteiger charge is -2.38. The minimum absolute atomic E-state index is 0.0640. The van der Waals surface area contributed by atoms with Gasteiger partial charge in [0, 0.05) is 22.8 Å². The lowest BCUT2D eigenvalue weighted by molar-refractivity contribution is 0.0758. The fraction of sp³-hybridized carbons (Fsp3) is 0.421. The van der Waals surface area contributed by atoms with E-state index in [1.165, 1.54) is 16.4 Å². The van der Waals surface area contributed by atoms with Crippen molar-refractivity contribution in [2.75, 3.05) is 13.1 Å². The highest BCUT2D eigenvalue weighted by Gasteiger charge is 2.39. The molecule has 0 bridgehead atoms. The molecule has 6 nitrogen and oxygen atoms in total. The van der Waals surface area contributed by atoms with Crippen LogP contribution in [0.4, 0.5) is 0 Å². The zero-order valence-corrected chi connectivity index (χ0v) is 16.8. The summed E-state index contributed by atoms with van der Waals surface area (Å²) in [5, 5.41) is 0.388. The molecule has 2 fully saturated rings. The Kier molecular flexibility index (Phi) is 4.56. The molecule has 2 aliphatic rings. The lowest BCUT2D eigenvalue weighted by Crippen LogP contribution is -2.56. The molecule has 27 heavy (non-hydrogen) atoms. The Morgan fingerprint density at radius 1 is 1.11 bits per heavy atom. The largest absolute Gasteiger partial charge is 0.487 e. The van der Waals surface area contributed by atoms with E-state index in [0.717, 1.165) is 18.5 Å². The van der Waals surface area contributed by atoms with Crippen LogP contribution in [0.15, 0.2) is 40.0 Å². The molecule has 1 aromatic carbocycles. The summed E-state index contributed by atoms with van der Waals surface area (Å²) in [7, 11) is -3.60. The number of benzene rings is 1. The quantitative estimate of drug-likeness (QED) is 0.762. The van der Waals surface area contributed by atoms with Gasteiger partial charge in [-0.1, -0.05) is 17.7 Å². The van der Waals surface area contributed by atoms with E-state index in [1.54, 1.807) is 23.6 Å². The average molecular weight is 409 g/mol. The third-order valence-corrected chi connectivity index (χ3v) is 7.24. The average Bonchev–Trinajstić information content (AvgIpc) is 3.36. The summed E-state index contributed by atoms with van der Waals surface area (Å²) in [5.74, 6) is 0.496. The first-order valence-electron chi connectivity index (χ1n) is 8.92. The fourth-order valence-electron chi connectivity index (χ4n) is 3.41. The molecule has 2 heterocycles. The second-order valence-electron chi connectivity index (χ2n) is 7.24. The Morgan fingerprint density at radius 2 is 1.81 bits per heavy atom. The third kappa shape index (κ3) is 3.51. The summed E-state index contributed by atoms with van der Waals surface area (Å²) < 4.78 is 34.6. The van der Waals surface area contributed by atoms with Crippen LogP contribution in [-0.2, 0) is 10.0 Å². The standard InChI is InChI=1S/C19H21ClN2O4S/c1-12-3-4-14(20)8-18(12)27(24,25)21-10-17(11-21)26-16-7-13(2)22(15-5-6-15)19(23)9-16/h3-4,7-9,15,17H,5-6,10-11H2,1-2H3. The van der Waals surface area contributed by atoms with Gasteiger partial charge in [-0.15, -0.1) is 0 Å². The Balaban J connectivity index is 1.45. The van der Waals surface area contributed by atoms with Crippen LogP contribution in [0.3, 0.4) is 0 Å². The molecule has 0 atom stereocenters. The van der Waals surface area contributed by atoms with Crippen LogP contribution in [0.5, 0.6) is 5.75 Å². The first-order chi connectivity index (χ1) is 12.8. The van der Waals surface area contributed by atoms with Gasteiger partial charge in [0.15, 0.2) is 0 Å². The Hall–Kier alpha value is -1.83. The molecule has 0 spiro atoms. The summed E-state index contributed by atoms with van der Waals surface area (Å²) in [6, 6.07) is 8.49. The second kappa shape index (κ2) is 6.65. The normalized spacial score (nSPS) is 18.3. The van der Waals surface area contributed by atoms with Crippen LogP contribution < -0.4 is 10.3 Å². The van der Waals surface area contributed by atoms with Gasteiger partial charge in [0.1, 0.15) is 11.9 Å². The maximum absolute atomic E-state index is 12.8. The van der Waals surface area contributed by atoms with Gasteiger partial charge in [-0.25, -0.2) is 8.42 Å². The molecule has 1 aromatic heterocycles. The van der Waals surface area contributed by atoms with Gasteiger partial charge in [0.05, 0.1) is 18.0 Å². The lowest BCUT2D eigenvalue weighted by atomic mass is 10.2. The third-order valence-electron chi connectivity index (χ3n) is 5.03. The van der Waals surface area contributed by atoms with Gasteiger partial charge >= 0.3 is 0 Å². The van der Waals surface area contributed by atoms with Gasteiger partial charge in [0.2, 0.25) is 10.0 Å². The van der Waals surface area contributed by atoms with Crippen LogP contribution in [0.1, 0.15) is 30.1 Å². The molecule has 1 saturated carbocycles. The Bertz CT molecular complexity index is 1050. The maximum Gasteiger partial charge on any atom is 0.254 e. The van der Waals surface area contributed by atoms with E-state index in [-0.39, 0.29) is 29.6 Å². The number of hydrogen-bond donors (Lipinski definition) is 0. The van der Waals surface area contributed by atoms with Crippen molar-refractivity contribution < 1.29 is 13.2 Å². The number of ether oxygens (including phenoxy) is 1. The van der Waals surface area contributed by atoms with E-state index in [4.69, 9.17) is 16.3 Å². The first kappa shape index (κ1) is 18.5.